The van der Waals surface area contributed by atoms with Crippen LogP contribution in [0.5, 0.6) is 17.2 Å². The molecule has 0 N–H and O–H groups in total. The Morgan fingerprint density at radius 1 is 0.917 bits per heavy atom. The second kappa shape index (κ2) is 15.1. The summed E-state index contributed by atoms with van der Waals surface area (Å²) in [5.74, 6) is 1.24. The van der Waals surface area contributed by atoms with Gasteiger partial charge in [0, 0.05) is 5.56 Å². The quantitative estimate of drug-likeness (QED) is 0.114. The van der Waals surface area contributed by atoms with Gasteiger partial charge in [0.15, 0.2) is 16.3 Å². The topological polar surface area (TPSA) is 88.4 Å². The molecule has 2 heterocycles. The molecule has 6 rings (SSSR count). The number of hydrogen-bond acceptors (Lipinski definition) is 8. The lowest BCUT2D eigenvalue weighted by molar-refractivity contribution is -0.138. The van der Waals surface area contributed by atoms with Crippen molar-refractivity contribution in [1.82, 2.24) is 4.57 Å². The predicted molar refractivity (Wildman–Crippen MR) is 203 cm³/mol. The van der Waals surface area contributed by atoms with Crippen molar-refractivity contribution >= 4 is 74.3 Å². The molecule has 11 heteroatoms. The van der Waals surface area contributed by atoms with Crippen LogP contribution in [0.15, 0.2) is 106 Å². The minimum absolute atomic E-state index is 0.163. The molecule has 4 aromatic carbocycles. The van der Waals surface area contributed by atoms with Gasteiger partial charge in [0.25, 0.3) is 5.56 Å². The van der Waals surface area contributed by atoms with Gasteiger partial charge in [0.1, 0.15) is 12.4 Å². The molecule has 0 fully saturated rings. The average Bonchev–Trinajstić information content (AvgIpc) is 3.41. The first-order valence-corrected chi connectivity index (χ1v) is 18.0. The maximum absolute atomic E-state index is 14.4. The third kappa shape index (κ3) is 6.94. The van der Waals surface area contributed by atoms with Crippen LogP contribution in [0.2, 0.25) is 0 Å². The standard InChI is InChI=1S/C37H30I2N2O6S/c1-4-46-36(43)31-32(24-13-9-6-10-14-24)40-37-41(33(31)25-15-16-28(44-2)29(20-25)45-3)35(42)30(48-37)19-23-17-26(38)34(27(39)18-23)47-21-22-11-7-5-8-12-22/h5-20,33H,4,21H2,1-3H3/b30-19-/t33-/m1/s1. The van der Waals surface area contributed by atoms with Crippen molar-refractivity contribution in [3.63, 3.8) is 0 Å². The van der Waals surface area contributed by atoms with Gasteiger partial charge in [-0.05, 0) is 99.1 Å². The molecule has 0 spiro atoms. The van der Waals surface area contributed by atoms with Gasteiger partial charge in [-0.15, -0.1) is 0 Å². The minimum atomic E-state index is -0.841. The first kappa shape index (κ1) is 33.9. The predicted octanol–water partition coefficient (Wildman–Crippen LogP) is 6.74. The molecule has 0 aliphatic carbocycles. The highest BCUT2D eigenvalue weighted by Gasteiger charge is 2.35. The van der Waals surface area contributed by atoms with E-state index in [-0.39, 0.29) is 17.7 Å². The van der Waals surface area contributed by atoms with Crippen LogP contribution < -0.4 is 29.1 Å². The van der Waals surface area contributed by atoms with Crippen molar-refractivity contribution in [3.05, 3.63) is 146 Å². The first-order valence-electron chi connectivity index (χ1n) is 15.0. The Morgan fingerprint density at radius 2 is 1.58 bits per heavy atom. The molecule has 1 aliphatic heterocycles. The molecule has 1 aliphatic rings. The number of carbonyl (C=O) groups is 1. The molecule has 5 aromatic rings. The van der Waals surface area contributed by atoms with Gasteiger partial charge in [-0.2, -0.15) is 0 Å². The summed E-state index contributed by atoms with van der Waals surface area (Å²) >= 11 is 5.80. The summed E-state index contributed by atoms with van der Waals surface area (Å²) in [6, 6.07) is 28.0. The maximum atomic E-state index is 14.4. The second-order valence-corrected chi connectivity index (χ2v) is 14.0. The van der Waals surface area contributed by atoms with Crippen LogP contribution in [0.4, 0.5) is 0 Å². The van der Waals surface area contributed by atoms with Crippen LogP contribution in [0, 0.1) is 7.14 Å². The van der Waals surface area contributed by atoms with Gasteiger partial charge in [-0.1, -0.05) is 78.1 Å². The highest BCUT2D eigenvalue weighted by Crippen LogP contribution is 2.38. The molecular weight excluding hydrogens is 854 g/mol. The molecule has 1 atom stereocenters. The highest BCUT2D eigenvalue weighted by molar-refractivity contribution is 14.1. The average molecular weight is 885 g/mol. The van der Waals surface area contributed by atoms with E-state index < -0.39 is 12.0 Å². The highest BCUT2D eigenvalue weighted by atomic mass is 127. The third-order valence-electron chi connectivity index (χ3n) is 7.64. The number of aromatic nitrogens is 1. The molecule has 48 heavy (non-hydrogen) atoms. The third-order valence-corrected chi connectivity index (χ3v) is 10.2. The molecule has 8 nitrogen and oxygen atoms in total. The zero-order valence-electron chi connectivity index (χ0n) is 26.2. The monoisotopic (exact) mass is 884 g/mol. The number of esters is 1. The fourth-order valence-electron chi connectivity index (χ4n) is 5.46. The summed E-state index contributed by atoms with van der Waals surface area (Å²) in [6.07, 6.45) is 1.86. The maximum Gasteiger partial charge on any atom is 0.338 e. The number of rotatable bonds is 10. The Labute approximate surface area is 308 Å². The van der Waals surface area contributed by atoms with E-state index in [1.165, 1.54) is 11.3 Å². The number of halogens is 2. The summed E-state index contributed by atoms with van der Waals surface area (Å²) in [5, 5.41) is 0. The van der Waals surface area contributed by atoms with Crippen molar-refractivity contribution in [1.29, 1.82) is 0 Å². The van der Waals surface area contributed by atoms with Crippen LogP contribution in [0.1, 0.15) is 35.2 Å². The first-order chi connectivity index (χ1) is 23.3. The Balaban J connectivity index is 1.52. The fourth-order valence-corrected chi connectivity index (χ4v) is 8.59. The number of nitrogens with zero attached hydrogens (tertiary/aromatic N) is 2. The molecule has 0 saturated carbocycles. The summed E-state index contributed by atoms with van der Waals surface area (Å²) in [7, 11) is 3.10. The van der Waals surface area contributed by atoms with E-state index in [2.05, 4.69) is 45.2 Å². The van der Waals surface area contributed by atoms with Crippen LogP contribution in [0.25, 0.3) is 11.8 Å². The largest absolute Gasteiger partial charge is 0.493 e. The number of thiazole rings is 1. The fraction of sp³-hybridized carbons (Fsp3) is 0.162. The van der Waals surface area contributed by atoms with Crippen molar-refractivity contribution < 1.29 is 23.7 Å². The van der Waals surface area contributed by atoms with Crippen molar-refractivity contribution in [2.45, 2.75) is 19.6 Å². The van der Waals surface area contributed by atoms with Gasteiger partial charge in [-0.3, -0.25) is 9.36 Å². The van der Waals surface area contributed by atoms with E-state index in [1.807, 2.05) is 84.9 Å². The lowest BCUT2D eigenvalue weighted by Gasteiger charge is -2.26. The molecule has 0 bridgehead atoms. The van der Waals surface area contributed by atoms with Gasteiger partial charge in [-0.25, -0.2) is 9.79 Å². The summed E-state index contributed by atoms with van der Waals surface area (Å²) in [4.78, 5) is 33.6. The number of ether oxygens (including phenoxy) is 4. The number of fused-ring (bicyclic) bond motifs is 1. The lowest BCUT2D eigenvalue weighted by atomic mass is 9.93. The van der Waals surface area contributed by atoms with Gasteiger partial charge in [0.2, 0.25) is 0 Å². The smallest absolute Gasteiger partial charge is 0.338 e. The summed E-state index contributed by atoms with van der Waals surface area (Å²) in [6.45, 7) is 2.37. The summed E-state index contributed by atoms with van der Waals surface area (Å²) in [5.41, 5.74) is 3.74. The van der Waals surface area contributed by atoms with Crippen LogP contribution in [0.3, 0.4) is 0 Å². The Bertz CT molecular complexity index is 2170. The van der Waals surface area contributed by atoms with E-state index in [1.54, 1.807) is 37.8 Å². The van der Waals surface area contributed by atoms with E-state index in [0.717, 1.165) is 29.6 Å². The SMILES string of the molecule is CCOC(=O)C1=C(c2ccccc2)N=c2s/c(=C\c3cc(I)c(OCc4ccccc4)c(I)c3)c(=O)n2[C@@H]1c1ccc(OC)c(OC)c1. The number of carbonyl (C=O) groups excluding carboxylic acids is 1. The van der Waals surface area contributed by atoms with Gasteiger partial charge < -0.3 is 18.9 Å². The number of methoxy groups -OCH3 is 2. The Morgan fingerprint density at radius 3 is 2.23 bits per heavy atom. The molecule has 0 radical (unpaired) electrons. The number of hydrogen-bond donors (Lipinski definition) is 0. The zero-order valence-corrected chi connectivity index (χ0v) is 31.4. The second-order valence-electron chi connectivity index (χ2n) is 10.6. The summed E-state index contributed by atoms with van der Waals surface area (Å²) < 4.78 is 26.8. The number of benzene rings is 4. The van der Waals surface area contributed by atoms with E-state index >= 15 is 0 Å². The van der Waals surface area contributed by atoms with E-state index in [9.17, 15) is 9.59 Å². The Kier molecular flexibility index (Phi) is 10.7. The molecule has 0 unspecified atom stereocenters. The van der Waals surface area contributed by atoms with E-state index in [0.29, 0.717) is 38.7 Å². The molecule has 0 saturated heterocycles. The van der Waals surface area contributed by atoms with Gasteiger partial charge in [0.05, 0.1) is 49.8 Å². The van der Waals surface area contributed by atoms with Crippen molar-refractivity contribution in [2.24, 2.45) is 4.99 Å². The normalized spacial score (nSPS) is 14.3. The molecule has 244 valence electrons. The van der Waals surface area contributed by atoms with Crippen molar-refractivity contribution in [2.75, 3.05) is 20.8 Å². The zero-order chi connectivity index (χ0) is 33.8. The molecule has 0 amide bonds. The van der Waals surface area contributed by atoms with Crippen LogP contribution in [-0.2, 0) is 16.1 Å². The van der Waals surface area contributed by atoms with E-state index in [4.69, 9.17) is 23.9 Å². The Hall–Kier alpha value is -3.95. The van der Waals surface area contributed by atoms with Crippen LogP contribution >= 0.6 is 56.5 Å². The lowest BCUT2D eigenvalue weighted by Crippen LogP contribution is -2.40. The molecule has 1 aromatic heterocycles. The van der Waals surface area contributed by atoms with Crippen molar-refractivity contribution in [3.8, 4) is 17.2 Å². The molecular formula is C37H30I2N2O6S. The minimum Gasteiger partial charge on any atom is -0.493 e. The van der Waals surface area contributed by atoms with Gasteiger partial charge >= 0.3 is 5.97 Å². The van der Waals surface area contributed by atoms with Crippen LogP contribution in [-0.4, -0.2) is 31.4 Å².